The molecule has 0 bridgehead atoms. The molecule has 1 aromatic heterocycles. The van der Waals surface area contributed by atoms with Crippen molar-refractivity contribution in [1.82, 2.24) is 4.98 Å². The molecule has 1 aliphatic carbocycles. The van der Waals surface area contributed by atoms with Crippen LogP contribution < -0.4 is 10.6 Å². The zero-order valence-corrected chi connectivity index (χ0v) is 16.6. The first-order valence-electron chi connectivity index (χ1n) is 8.62. The minimum Gasteiger partial charge on any atom is -0.326 e. The molecule has 3 aromatic rings. The van der Waals surface area contributed by atoms with Crippen LogP contribution in [0.4, 0.5) is 10.8 Å². The molecule has 1 aliphatic rings. The Morgan fingerprint density at radius 2 is 1.79 bits per heavy atom. The standard InChI is InChI=1S/C19H17N3O4S2/c1-28(25,26)14-8-9-15-16(10-14)27-19(21-15)22-18(24)12-4-6-13(7-5-12)20-17(23)11-2-3-11/h4-11H,2-3H2,1H3,(H,20,23)(H,21,22,24). The number of benzene rings is 2. The van der Waals surface area contributed by atoms with Crippen molar-refractivity contribution in [1.29, 1.82) is 0 Å². The third kappa shape index (κ3) is 4.05. The maximum atomic E-state index is 12.4. The zero-order chi connectivity index (χ0) is 19.9. The van der Waals surface area contributed by atoms with E-state index in [1.165, 1.54) is 17.4 Å². The quantitative estimate of drug-likeness (QED) is 0.665. The summed E-state index contributed by atoms with van der Waals surface area (Å²) in [5, 5.41) is 5.94. The molecule has 2 N–H and O–H groups in total. The Bertz CT molecular complexity index is 1180. The molecule has 0 atom stereocenters. The minimum atomic E-state index is -3.30. The van der Waals surface area contributed by atoms with Crippen molar-refractivity contribution in [3.63, 3.8) is 0 Å². The molecule has 144 valence electrons. The van der Waals surface area contributed by atoms with Crippen LogP contribution in [0, 0.1) is 5.92 Å². The molecule has 7 nitrogen and oxygen atoms in total. The van der Waals surface area contributed by atoms with Gasteiger partial charge in [0.25, 0.3) is 5.91 Å². The molecule has 1 fully saturated rings. The van der Waals surface area contributed by atoms with Crippen molar-refractivity contribution in [3.8, 4) is 0 Å². The second kappa shape index (κ2) is 6.99. The summed E-state index contributed by atoms with van der Waals surface area (Å²) in [6.07, 6.45) is 3.01. The monoisotopic (exact) mass is 415 g/mol. The highest BCUT2D eigenvalue weighted by Gasteiger charge is 2.29. The Hall–Kier alpha value is -2.78. The maximum Gasteiger partial charge on any atom is 0.257 e. The first-order valence-corrected chi connectivity index (χ1v) is 11.3. The van der Waals surface area contributed by atoms with Crippen LogP contribution in [0.2, 0.25) is 0 Å². The SMILES string of the molecule is CS(=O)(=O)c1ccc2nc(NC(=O)c3ccc(NC(=O)C4CC4)cc3)sc2c1. The lowest BCUT2D eigenvalue weighted by molar-refractivity contribution is -0.117. The van der Waals surface area contributed by atoms with Crippen LogP contribution in [0.5, 0.6) is 0 Å². The molecule has 0 unspecified atom stereocenters. The predicted molar refractivity (Wildman–Crippen MR) is 108 cm³/mol. The van der Waals surface area contributed by atoms with Gasteiger partial charge in [-0.25, -0.2) is 13.4 Å². The van der Waals surface area contributed by atoms with Gasteiger partial charge < -0.3 is 5.32 Å². The lowest BCUT2D eigenvalue weighted by Gasteiger charge is -2.05. The van der Waals surface area contributed by atoms with E-state index in [4.69, 9.17) is 0 Å². The number of hydrogen-bond donors (Lipinski definition) is 2. The van der Waals surface area contributed by atoms with Crippen LogP contribution in [-0.4, -0.2) is 31.5 Å². The Labute approximate surface area is 165 Å². The molecular weight excluding hydrogens is 398 g/mol. The van der Waals surface area contributed by atoms with Gasteiger partial charge >= 0.3 is 0 Å². The second-order valence-corrected chi connectivity index (χ2v) is 9.76. The van der Waals surface area contributed by atoms with Gasteiger partial charge in [0.2, 0.25) is 5.91 Å². The van der Waals surface area contributed by atoms with Crippen LogP contribution >= 0.6 is 11.3 Å². The third-order valence-electron chi connectivity index (χ3n) is 4.37. The number of aromatic nitrogens is 1. The van der Waals surface area contributed by atoms with E-state index in [1.54, 1.807) is 36.4 Å². The molecule has 2 amide bonds. The van der Waals surface area contributed by atoms with E-state index in [0.29, 0.717) is 26.6 Å². The summed E-state index contributed by atoms with van der Waals surface area (Å²) in [6.45, 7) is 0. The number of rotatable bonds is 5. The van der Waals surface area contributed by atoms with Gasteiger partial charge in [0.05, 0.1) is 15.1 Å². The van der Waals surface area contributed by atoms with Gasteiger partial charge in [-0.15, -0.1) is 0 Å². The highest BCUT2D eigenvalue weighted by molar-refractivity contribution is 7.90. The normalized spacial score (nSPS) is 14.0. The number of nitrogens with zero attached hydrogens (tertiary/aromatic N) is 1. The largest absolute Gasteiger partial charge is 0.326 e. The van der Waals surface area contributed by atoms with Gasteiger partial charge in [-0.3, -0.25) is 14.9 Å². The molecule has 1 heterocycles. The summed E-state index contributed by atoms with van der Waals surface area (Å²) in [6, 6.07) is 11.3. The van der Waals surface area contributed by atoms with Crippen molar-refractivity contribution in [2.24, 2.45) is 5.92 Å². The highest BCUT2D eigenvalue weighted by Crippen LogP contribution is 2.30. The molecule has 2 aromatic carbocycles. The average Bonchev–Trinajstić information content (AvgIpc) is 3.41. The van der Waals surface area contributed by atoms with Crippen LogP contribution in [-0.2, 0) is 14.6 Å². The number of nitrogens with one attached hydrogen (secondary N) is 2. The van der Waals surface area contributed by atoms with E-state index in [2.05, 4.69) is 15.6 Å². The number of thiazole rings is 1. The molecule has 0 saturated heterocycles. The van der Waals surface area contributed by atoms with Crippen molar-refractivity contribution < 1.29 is 18.0 Å². The van der Waals surface area contributed by atoms with Gasteiger partial charge in [0.15, 0.2) is 15.0 Å². The molecule has 4 rings (SSSR count). The number of carbonyl (C=O) groups excluding carboxylic acids is 2. The van der Waals surface area contributed by atoms with E-state index in [0.717, 1.165) is 19.1 Å². The van der Waals surface area contributed by atoms with Crippen LogP contribution in [0.25, 0.3) is 10.2 Å². The smallest absolute Gasteiger partial charge is 0.257 e. The third-order valence-corrected chi connectivity index (χ3v) is 6.42. The molecule has 28 heavy (non-hydrogen) atoms. The van der Waals surface area contributed by atoms with E-state index < -0.39 is 9.84 Å². The Kier molecular flexibility index (Phi) is 4.64. The average molecular weight is 415 g/mol. The zero-order valence-electron chi connectivity index (χ0n) is 14.9. The summed E-state index contributed by atoms with van der Waals surface area (Å²) in [5.41, 5.74) is 1.70. The van der Waals surface area contributed by atoms with Gasteiger partial charge in [0, 0.05) is 23.4 Å². The lowest BCUT2D eigenvalue weighted by Crippen LogP contribution is -2.14. The molecular formula is C19H17N3O4S2. The van der Waals surface area contributed by atoms with Crippen LogP contribution in [0.15, 0.2) is 47.4 Å². The number of amides is 2. The maximum absolute atomic E-state index is 12.4. The second-order valence-electron chi connectivity index (χ2n) is 6.72. The summed E-state index contributed by atoms with van der Waals surface area (Å²) < 4.78 is 24.0. The Balaban J connectivity index is 1.47. The van der Waals surface area contributed by atoms with E-state index in [9.17, 15) is 18.0 Å². The topological polar surface area (TPSA) is 105 Å². The van der Waals surface area contributed by atoms with Crippen LogP contribution in [0.3, 0.4) is 0 Å². The fourth-order valence-electron chi connectivity index (χ4n) is 2.65. The van der Waals surface area contributed by atoms with E-state index >= 15 is 0 Å². The van der Waals surface area contributed by atoms with Crippen molar-refractivity contribution in [3.05, 3.63) is 48.0 Å². The summed E-state index contributed by atoms with van der Waals surface area (Å²) in [4.78, 5) is 28.7. The number of sulfone groups is 1. The Morgan fingerprint density at radius 1 is 1.07 bits per heavy atom. The van der Waals surface area contributed by atoms with Crippen molar-refractivity contribution >= 4 is 54.0 Å². The molecule has 0 radical (unpaired) electrons. The summed E-state index contributed by atoms with van der Waals surface area (Å²) in [7, 11) is -3.30. The lowest BCUT2D eigenvalue weighted by atomic mass is 10.2. The first-order chi connectivity index (χ1) is 13.3. The minimum absolute atomic E-state index is 0.0140. The molecule has 0 aliphatic heterocycles. The van der Waals surface area contributed by atoms with Gasteiger partial charge in [-0.1, -0.05) is 11.3 Å². The molecule has 9 heteroatoms. The first kappa shape index (κ1) is 18.6. The predicted octanol–water partition coefficient (Wildman–Crippen LogP) is 3.30. The van der Waals surface area contributed by atoms with Crippen molar-refractivity contribution in [2.75, 3.05) is 16.9 Å². The number of anilines is 2. The summed E-state index contributed by atoms with van der Waals surface area (Å²) in [5.74, 6) is -0.201. The van der Waals surface area contributed by atoms with Crippen molar-refractivity contribution in [2.45, 2.75) is 17.7 Å². The van der Waals surface area contributed by atoms with Gasteiger partial charge in [-0.05, 0) is 55.3 Å². The number of carbonyl (C=O) groups is 2. The molecule has 1 saturated carbocycles. The fraction of sp³-hybridized carbons (Fsp3) is 0.211. The summed E-state index contributed by atoms with van der Waals surface area (Å²) >= 11 is 1.21. The van der Waals surface area contributed by atoms with E-state index in [1.807, 2.05) is 0 Å². The fourth-order valence-corrected chi connectivity index (χ4v) is 4.28. The van der Waals surface area contributed by atoms with Gasteiger partial charge in [-0.2, -0.15) is 0 Å². The number of fused-ring (bicyclic) bond motifs is 1. The number of hydrogen-bond acceptors (Lipinski definition) is 6. The Morgan fingerprint density at radius 3 is 2.43 bits per heavy atom. The van der Waals surface area contributed by atoms with Gasteiger partial charge in [0.1, 0.15) is 0 Å². The highest BCUT2D eigenvalue weighted by atomic mass is 32.2. The van der Waals surface area contributed by atoms with E-state index in [-0.39, 0.29) is 22.6 Å². The van der Waals surface area contributed by atoms with Crippen LogP contribution in [0.1, 0.15) is 23.2 Å². The molecule has 0 spiro atoms.